The van der Waals surface area contributed by atoms with Crippen molar-refractivity contribution in [1.29, 1.82) is 0 Å². The van der Waals surface area contributed by atoms with E-state index >= 15 is 0 Å². The van der Waals surface area contributed by atoms with E-state index in [1.807, 2.05) is 0 Å². The van der Waals surface area contributed by atoms with Crippen LogP contribution in [0.3, 0.4) is 0 Å². The maximum Gasteiger partial charge on any atom is 0.0897 e. The monoisotopic (exact) mass is 261 g/mol. The second-order valence-corrected chi connectivity index (χ2v) is 6.66. The topological polar surface area (TPSA) is 61.7 Å². The van der Waals surface area contributed by atoms with E-state index in [1.54, 1.807) is 0 Å². The van der Waals surface area contributed by atoms with E-state index in [0.29, 0.717) is 32.2 Å². The van der Waals surface area contributed by atoms with Gasteiger partial charge in [0.25, 0.3) is 0 Å². The number of aliphatic hydroxyl groups is 2. The zero-order chi connectivity index (χ0) is 14.2. The van der Waals surface area contributed by atoms with Gasteiger partial charge in [-0.1, -0.05) is 34.6 Å². The molecule has 0 aromatic carbocycles. The van der Waals surface area contributed by atoms with Crippen LogP contribution in [-0.4, -0.2) is 48.7 Å². The minimum Gasteiger partial charge on any atom is -0.392 e. The first-order chi connectivity index (χ1) is 8.20. The van der Waals surface area contributed by atoms with Crippen molar-refractivity contribution in [2.45, 2.75) is 53.2 Å². The molecule has 0 saturated heterocycles. The third-order valence-corrected chi connectivity index (χ3v) is 2.37. The molecule has 4 heteroatoms. The third kappa shape index (κ3) is 12.3. The molecule has 0 radical (unpaired) electrons. The van der Waals surface area contributed by atoms with Crippen molar-refractivity contribution in [3.8, 4) is 0 Å². The minimum absolute atomic E-state index is 0.125. The summed E-state index contributed by atoms with van der Waals surface area (Å²) >= 11 is 0. The Morgan fingerprint density at radius 3 is 2.06 bits per heavy atom. The van der Waals surface area contributed by atoms with Gasteiger partial charge in [0.2, 0.25) is 0 Å². The number of ether oxygens (including phenoxy) is 1. The molecule has 4 nitrogen and oxygen atoms in total. The maximum absolute atomic E-state index is 9.77. The van der Waals surface area contributed by atoms with Crippen LogP contribution in [0.4, 0.5) is 0 Å². The molecule has 0 aromatic rings. The van der Waals surface area contributed by atoms with Crippen molar-refractivity contribution >= 4 is 0 Å². The number of nitrogens with one attached hydrogen (secondary N) is 1. The first kappa shape index (κ1) is 17.8. The van der Waals surface area contributed by atoms with Crippen LogP contribution in [-0.2, 0) is 4.74 Å². The van der Waals surface area contributed by atoms with Gasteiger partial charge in [0.15, 0.2) is 0 Å². The molecule has 0 saturated carbocycles. The molecule has 2 atom stereocenters. The Balaban J connectivity index is 3.52. The summed E-state index contributed by atoms with van der Waals surface area (Å²) in [5.74, 6) is 0.485. The van der Waals surface area contributed by atoms with Crippen molar-refractivity contribution < 1.29 is 14.9 Å². The van der Waals surface area contributed by atoms with Gasteiger partial charge in [0.05, 0.1) is 18.8 Å². The third-order valence-electron chi connectivity index (χ3n) is 2.37. The first-order valence-corrected chi connectivity index (χ1v) is 6.85. The summed E-state index contributed by atoms with van der Waals surface area (Å²) in [6, 6.07) is 0. The van der Waals surface area contributed by atoms with Gasteiger partial charge >= 0.3 is 0 Å². The predicted octanol–water partition coefficient (Wildman–Crippen LogP) is 1.41. The number of aliphatic hydroxyl groups excluding tert-OH is 2. The smallest absolute Gasteiger partial charge is 0.0897 e. The minimum atomic E-state index is -0.509. The van der Waals surface area contributed by atoms with Crippen molar-refractivity contribution in [3.63, 3.8) is 0 Å². The molecule has 3 N–H and O–H groups in total. The van der Waals surface area contributed by atoms with Crippen molar-refractivity contribution in [1.82, 2.24) is 5.32 Å². The highest BCUT2D eigenvalue weighted by Gasteiger charge is 2.16. The highest BCUT2D eigenvalue weighted by molar-refractivity contribution is 4.70. The Kier molecular flexibility index (Phi) is 8.78. The van der Waals surface area contributed by atoms with Gasteiger partial charge in [-0.15, -0.1) is 0 Å². The van der Waals surface area contributed by atoms with Gasteiger partial charge in [-0.25, -0.2) is 0 Å². The summed E-state index contributed by atoms with van der Waals surface area (Å²) < 4.78 is 5.34. The molecule has 0 bridgehead atoms. The molecule has 0 heterocycles. The normalized spacial score (nSPS) is 16.0. The van der Waals surface area contributed by atoms with E-state index in [0.717, 1.165) is 6.42 Å². The second-order valence-electron chi connectivity index (χ2n) is 6.66. The lowest BCUT2D eigenvalue weighted by atomic mass is 9.89. The van der Waals surface area contributed by atoms with E-state index in [2.05, 4.69) is 39.9 Å². The molecule has 0 spiro atoms. The number of hydrogen-bond donors (Lipinski definition) is 3. The Morgan fingerprint density at radius 2 is 1.56 bits per heavy atom. The van der Waals surface area contributed by atoms with E-state index in [4.69, 9.17) is 4.74 Å². The molecule has 110 valence electrons. The summed E-state index contributed by atoms with van der Waals surface area (Å²) in [5, 5.41) is 22.5. The Bertz CT molecular complexity index is 202. The Morgan fingerprint density at radius 1 is 1.00 bits per heavy atom. The molecular weight excluding hydrogens is 230 g/mol. The highest BCUT2D eigenvalue weighted by atomic mass is 16.5. The fraction of sp³-hybridized carbons (Fsp3) is 1.00. The summed E-state index contributed by atoms with van der Waals surface area (Å²) in [6.45, 7) is 12.4. The summed E-state index contributed by atoms with van der Waals surface area (Å²) in [5.41, 5.74) is 0.125. The van der Waals surface area contributed by atoms with Gasteiger partial charge in [-0.3, -0.25) is 0 Å². The van der Waals surface area contributed by atoms with Crippen molar-refractivity contribution in [2.24, 2.45) is 11.3 Å². The van der Waals surface area contributed by atoms with E-state index in [-0.39, 0.29) is 11.5 Å². The second kappa shape index (κ2) is 8.86. The van der Waals surface area contributed by atoms with E-state index in [1.165, 1.54) is 0 Å². The van der Waals surface area contributed by atoms with Crippen LogP contribution in [0.1, 0.15) is 41.0 Å². The molecule has 0 fully saturated rings. The standard InChI is InChI=1S/C14H31NO3/c1-11(2)9-18-10-13(17)8-15-7-12(16)6-14(3,4)5/h11-13,15-17H,6-10H2,1-5H3. The van der Waals surface area contributed by atoms with Gasteiger partial charge < -0.3 is 20.3 Å². The highest BCUT2D eigenvalue weighted by Crippen LogP contribution is 2.20. The molecule has 0 rings (SSSR count). The summed E-state index contributed by atoms with van der Waals surface area (Å²) in [7, 11) is 0. The molecule has 0 aliphatic heterocycles. The molecule has 0 aromatic heterocycles. The maximum atomic E-state index is 9.77. The van der Waals surface area contributed by atoms with Crippen LogP contribution in [0.25, 0.3) is 0 Å². The molecule has 2 unspecified atom stereocenters. The Hall–Kier alpha value is -0.160. The van der Waals surface area contributed by atoms with Crippen LogP contribution >= 0.6 is 0 Å². The number of rotatable bonds is 9. The molecular formula is C14H31NO3. The molecule has 0 aliphatic rings. The first-order valence-electron chi connectivity index (χ1n) is 6.85. The summed E-state index contributed by atoms with van der Waals surface area (Å²) in [6.07, 6.45) is -0.126. The SMILES string of the molecule is CC(C)COCC(O)CNCC(O)CC(C)(C)C. The van der Waals surface area contributed by atoms with Crippen molar-refractivity contribution in [3.05, 3.63) is 0 Å². The van der Waals surface area contributed by atoms with E-state index in [9.17, 15) is 10.2 Å². The predicted molar refractivity (Wildman–Crippen MR) is 74.6 cm³/mol. The fourth-order valence-electron chi connectivity index (χ4n) is 1.69. The van der Waals surface area contributed by atoms with E-state index < -0.39 is 6.10 Å². The lowest BCUT2D eigenvalue weighted by molar-refractivity contribution is 0.0240. The van der Waals surface area contributed by atoms with Gasteiger partial charge in [0, 0.05) is 19.7 Å². The average Bonchev–Trinajstić information content (AvgIpc) is 2.13. The zero-order valence-electron chi connectivity index (χ0n) is 12.6. The number of hydrogen-bond acceptors (Lipinski definition) is 4. The largest absolute Gasteiger partial charge is 0.392 e. The van der Waals surface area contributed by atoms with Crippen LogP contribution in [0.2, 0.25) is 0 Å². The van der Waals surface area contributed by atoms with Crippen LogP contribution in [0, 0.1) is 11.3 Å². The lowest BCUT2D eigenvalue weighted by Crippen LogP contribution is -2.36. The summed E-state index contributed by atoms with van der Waals surface area (Å²) in [4.78, 5) is 0. The molecule has 0 amide bonds. The van der Waals surface area contributed by atoms with Gasteiger partial charge in [-0.2, -0.15) is 0 Å². The van der Waals surface area contributed by atoms with Gasteiger partial charge in [0.1, 0.15) is 0 Å². The fourth-order valence-corrected chi connectivity index (χ4v) is 1.69. The van der Waals surface area contributed by atoms with Gasteiger partial charge in [-0.05, 0) is 17.8 Å². The lowest BCUT2D eigenvalue weighted by Gasteiger charge is -2.23. The van der Waals surface area contributed by atoms with Crippen LogP contribution in [0.5, 0.6) is 0 Å². The average molecular weight is 261 g/mol. The Labute approximate surface area is 112 Å². The van der Waals surface area contributed by atoms with Crippen LogP contribution < -0.4 is 5.32 Å². The van der Waals surface area contributed by atoms with Crippen LogP contribution in [0.15, 0.2) is 0 Å². The van der Waals surface area contributed by atoms with Crippen molar-refractivity contribution in [2.75, 3.05) is 26.3 Å². The zero-order valence-corrected chi connectivity index (χ0v) is 12.6. The molecule has 18 heavy (non-hydrogen) atoms. The molecule has 0 aliphatic carbocycles. The quantitative estimate of drug-likeness (QED) is 0.587.